The van der Waals surface area contributed by atoms with Crippen LogP contribution in [0.1, 0.15) is 17.7 Å². The lowest BCUT2D eigenvalue weighted by molar-refractivity contribution is -0.117. The summed E-state index contributed by atoms with van der Waals surface area (Å²) in [5.74, 6) is 0.204. The van der Waals surface area contributed by atoms with Gasteiger partial charge in [0.05, 0.1) is 22.5 Å². The number of nitrogens with zero attached hydrogens (tertiary/aromatic N) is 3. The van der Waals surface area contributed by atoms with Gasteiger partial charge in [0.1, 0.15) is 6.04 Å². The number of benzene rings is 1. The van der Waals surface area contributed by atoms with Crippen LogP contribution < -0.4 is 10.0 Å². The van der Waals surface area contributed by atoms with Crippen molar-refractivity contribution in [1.82, 2.24) is 19.5 Å². The summed E-state index contributed by atoms with van der Waals surface area (Å²) < 4.78 is 29.8. The Morgan fingerprint density at radius 3 is 2.60 bits per heavy atom. The molecule has 8 nitrogen and oxygen atoms in total. The minimum absolute atomic E-state index is 0.129. The van der Waals surface area contributed by atoms with Crippen molar-refractivity contribution in [3.63, 3.8) is 0 Å². The second-order valence-corrected chi connectivity index (χ2v) is 9.76. The van der Waals surface area contributed by atoms with Crippen molar-refractivity contribution >= 4 is 44.4 Å². The lowest BCUT2D eigenvalue weighted by Crippen LogP contribution is -2.44. The van der Waals surface area contributed by atoms with E-state index in [0.29, 0.717) is 23.5 Å². The Bertz CT molecular complexity index is 1160. The normalized spacial score (nSPS) is 12.8. The summed E-state index contributed by atoms with van der Waals surface area (Å²) >= 11 is 1.55. The van der Waals surface area contributed by atoms with E-state index in [1.165, 1.54) is 12.1 Å². The lowest BCUT2D eigenvalue weighted by Gasteiger charge is -2.18. The van der Waals surface area contributed by atoms with E-state index >= 15 is 0 Å². The maximum absolute atomic E-state index is 12.9. The van der Waals surface area contributed by atoms with Gasteiger partial charge in [0, 0.05) is 12.4 Å². The lowest BCUT2D eigenvalue weighted by atomic mass is 10.2. The van der Waals surface area contributed by atoms with Crippen LogP contribution in [0.15, 0.2) is 41.4 Å². The Morgan fingerprint density at radius 2 is 1.93 bits per heavy atom. The molecule has 1 unspecified atom stereocenters. The maximum Gasteiger partial charge on any atom is 0.242 e. The molecule has 0 aliphatic heterocycles. The largest absolute Gasteiger partial charge is 0.323 e. The predicted molar refractivity (Wildman–Crippen MR) is 120 cm³/mol. The third kappa shape index (κ3) is 5.00. The van der Waals surface area contributed by atoms with E-state index in [4.69, 9.17) is 0 Å². The molecule has 2 heterocycles. The average molecular weight is 448 g/mol. The van der Waals surface area contributed by atoms with Crippen LogP contribution in [0.25, 0.3) is 11.0 Å². The molecule has 0 radical (unpaired) electrons. The first-order chi connectivity index (χ1) is 14.2. The summed E-state index contributed by atoms with van der Waals surface area (Å²) in [7, 11) is -2.03. The molecule has 10 heteroatoms. The Hall–Kier alpha value is -2.43. The van der Waals surface area contributed by atoms with Crippen molar-refractivity contribution in [2.45, 2.75) is 31.2 Å². The van der Waals surface area contributed by atoms with Gasteiger partial charge < -0.3 is 5.32 Å². The molecule has 0 saturated heterocycles. The third-order valence-corrected chi connectivity index (χ3v) is 6.82. The summed E-state index contributed by atoms with van der Waals surface area (Å²) in [5, 5.41) is 7.94. The quantitative estimate of drug-likeness (QED) is 0.550. The van der Waals surface area contributed by atoms with Crippen LogP contribution in [0.2, 0.25) is 0 Å². The van der Waals surface area contributed by atoms with Gasteiger partial charge in [0.25, 0.3) is 0 Å². The van der Waals surface area contributed by atoms with Crippen LogP contribution in [0.3, 0.4) is 0 Å². The molecule has 1 atom stereocenters. The van der Waals surface area contributed by atoms with Gasteiger partial charge in [-0.05, 0) is 50.5 Å². The first-order valence-electron chi connectivity index (χ1n) is 9.39. The highest BCUT2D eigenvalue weighted by Crippen LogP contribution is 2.20. The number of carbonyl (C=O) groups is 1. The van der Waals surface area contributed by atoms with Crippen LogP contribution >= 0.6 is 11.8 Å². The molecule has 1 amide bonds. The van der Waals surface area contributed by atoms with E-state index in [-0.39, 0.29) is 4.90 Å². The number of aryl methyl sites for hydroxylation is 3. The van der Waals surface area contributed by atoms with Crippen molar-refractivity contribution in [3.8, 4) is 0 Å². The molecule has 0 fully saturated rings. The van der Waals surface area contributed by atoms with Crippen molar-refractivity contribution < 1.29 is 13.2 Å². The summed E-state index contributed by atoms with van der Waals surface area (Å²) in [5.41, 5.74) is 2.96. The number of hydrogen-bond acceptors (Lipinski definition) is 6. The minimum Gasteiger partial charge on any atom is -0.323 e. The minimum atomic E-state index is -3.83. The number of pyridine rings is 1. The van der Waals surface area contributed by atoms with Gasteiger partial charge in [-0.25, -0.2) is 13.4 Å². The van der Waals surface area contributed by atoms with Crippen molar-refractivity contribution in [2.24, 2.45) is 7.05 Å². The third-order valence-electron chi connectivity index (χ3n) is 4.69. The van der Waals surface area contributed by atoms with Gasteiger partial charge in [-0.15, -0.1) is 0 Å². The monoisotopic (exact) mass is 447 g/mol. The summed E-state index contributed by atoms with van der Waals surface area (Å²) in [6.07, 6.45) is 3.81. The zero-order valence-corrected chi connectivity index (χ0v) is 19.0. The Balaban J connectivity index is 1.81. The van der Waals surface area contributed by atoms with Crippen LogP contribution in [-0.2, 0) is 21.9 Å². The van der Waals surface area contributed by atoms with Crippen LogP contribution in [0, 0.1) is 13.8 Å². The van der Waals surface area contributed by atoms with Crippen molar-refractivity contribution in [1.29, 1.82) is 0 Å². The molecule has 0 saturated carbocycles. The summed E-state index contributed by atoms with van der Waals surface area (Å²) in [6.45, 7) is 3.75. The molecule has 0 aliphatic carbocycles. The second-order valence-electron chi connectivity index (χ2n) is 7.06. The van der Waals surface area contributed by atoms with Crippen molar-refractivity contribution in [2.75, 3.05) is 17.3 Å². The van der Waals surface area contributed by atoms with Gasteiger partial charge in [-0.3, -0.25) is 9.48 Å². The number of rotatable bonds is 8. The number of aromatic nitrogens is 3. The Kier molecular flexibility index (Phi) is 6.79. The van der Waals surface area contributed by atoms with Crippen LogP contribution in [0.5, 0.6) is 0 Å². The molecular formula is C20H25N5O3S2. The van der Waals surface area contributed by atoms with E-state index in [0.717, 1.165) is 16.6 Å². The topological polar surface area (TPSA) is 106 Å². The number of nitrogens with one attached hydrogen (secondary N) is 2. The molecule has 0 spiro atoms. The average Bonchev–Trinajstić information content (AvgIpc) is 2.98. The van der Waals surface area contributed by atoms with Crippen LogP contribution in [-0.4, -0.2) is 47.1 Å². The van der Waals surface area contributed by atoms with E-state index in [1.807, 2.05) is 20.1 Å². The first-order valence-corrected chi connectivity index (χ1v) is 12.3. The highest BCUT2D eigenvalue weighted by molar-refractivity contribution is 7.98. The fraction of sp³-hybridized carbons (Fsp3) is 0.350. The highest BCUT2D eigenvalue weighted by Gasteiger charge is 2.26. The van der Waals surface area contributed by atoms with Crippen molar-refractivity contribution in [3.05, 3.63) is 47.8 Å². The first kappa shape index (κ1) is 22.3. The van der Waals surface area contributed by atoms with Gasteiger partial charge in [-0.1, -0.05) is 17.7 Å². The smallest absolute Gasteiger partial charge is 0.242 e. The number of thioether (sulfide) groups is 1. The van der Waals surface area contributed by atoms with Gasteiger partial charge in [-0.2, -0.15) is 21.6 Å². The van der Waals surface area contributed by atoms with E-state index in [1.54, 1.807) is 47.9 Å². The molecule has 0 aliphatic rings. The van der Waals surface area contributed by atoms with Gasteiger partial charge in [0.2, 0.25) is 15.9 Å². The molecule has 160 valence electrons. The molecule has 2 N–H and O–H groups in total. The number of amides is 1. The molecular weight excluding hydrogens is 422 g/mol. The highest BCUT2D eigenvalue weighted by atomic mass is 32.2. The zero-order valence-electron chi connectivity index (χ0n) is 17.3. The Morgan fingerprint density at radius 1 is 1.23 bits per heavy atom. The maximum atomic E-state index is 12.9. The molecule has 1 aromatic carbocycles. The summed E-state index contributed by atoms with van der Waals surface area (Å²) in [4.78, 5) is 17.4. The number of hydrogen-bond donors (Lipinski definition) is 2. The molecule has 0 bridgehead atoms. The van der Waals surface area contributed by atoms with E-state index in [9.17, 15) is 13.2 Å². The molecule has 30 heavy (non-hydrogen) atoms. The number of sulfonamides is 1. The van der Waals surface area contributed by atoms with E-state index < -0.39 is 22.0 Å². The summed E-state index contributed by atoms with van der Waals surface area (Å²) in [6, 6.07) is 7.40. The van der Waals surface area contributed by atoms with Crippen LogP contribution in [0.4, 0.5) is 5.69 Å². The predicted octanol–water partition coefficient (Wildman–Crippen LogP) is 2.62. The second kappa shape index (κ2) is 9.15. The van der Waals surface area contributed by atoms with Gasteiger partial charge >= 0.3 is 0 Å². The molecule has 3 rings (SSSR count). The fourth-order valence-electron chi connectivity index (χ4n) is 3.06. The fourth-order valence-corrected chi connectivity index (χ4v) is 4.76. The van der Waals surface area contributed by atoms with Gasteiger partial charge in [0.15, 0.2) is 5.65 Å². The van der Waals surface area contributed by atoms with E-state index in [2.05, 4.69) is 20.1 Å². The number of carbonyl (C=O) groups excluding carboxylic acids is 1. The zero-order chi connectivity index (χ0) is 21.9. The Labute approximate surface area is 180 Å². The standard InChI is InChI=1S/C20H25N5O3S2/c1-13-5-7-16(8-6-13)30(27,28)24-18(9-10-29-4)20(26)22-15-11-17-14(2)23-25(3)19(17)21-12-15/h5-8,11-12,18,24H,9-10H2,1-4H3,(H,22,26). The number of fused-ring (bicyclic) bond motifs is 1. The number of anilines is 1. The molecule has 2 aromatic heterocycles. The molecule has 3 aromatic rings. The SMILES string of the molecule is CSCCC(NS(=O)(=O)c1ccc(C)cc1)C(=O)Nc1cnc2c(c1)c(C)nn2C.